The van der Waals surface area contributed by atoms with Crippen molar-refractivity contribution in [3.8, 4) is 5.75 Å². The predicted molar refractivity (Wildman–Crippen MR) is 80.0 cm³/mol. The van der Waals surface area contributed by atoms with Gasteiger partial charge in [-0.2, -0.15) is 5.10 Å². The van der Waals surface area contributed by atoms with Gasteiger partial charge in [0.25, 0.3) is 0 Å². The van der Waals surface area contributed by atoms with Crippen LogP contribution in [0.4, 0.5) is 5.69 Å². The van der Waals surface area contributed by atoms with Gasteiger partial charge in [-0.15, -0.1) is 0 Å². The van der Waals surface area contributed by atoms with E-state index in [-0.39, 0.29) is 0 Å². The van der Waals surface area contributed by atoms with Gasteiger partial charge in [-0.25, -0.2) is 0 Å². The fourth-order valence-electron chi connectivity index (χ4n) is 1.87. The van der Waals surface area contributed by atoms with Crippen molar-refractivity contribution in [1.82, 2.24) is 0 Å². The SMILES string of the molecule is COc1ccccc1/C(C)=N\Nc1cccc(C)c1. The Morgan fingerprint density at radius 3 is 2.63 bits per heavy atom. The number of para-hydroxylation sites is 1. The van der Waals surface area contributed by atoms with Crippen LogP contribution in [0, 0.1) is 6.92 Å². The van der Waals surface area contributed by atoms with E-state index < -0.39 is 0 Å². The van der Waals surface area contributed by atoms with Gasteiger partial charge in [-0.3, -0.25) is 5.43 Å². The molecule has 0 aliphatic carbocycles. The maximum Gasteiger partial charge on any atom is 0.127 e. The summed E-state index contributed by atoms with van der Waals surface area (Å²) < 4.78 is 5.33. The number of methoxy groups -OCH3 is 1. The molecule has 0 aliphatic heterocycles. The number of hydrogen-bond donors (Lipinski definition) is 1. The van der Waals surface area contributed by atoms with Gasteiger partial charge in [0.15, 0.2) is 0 Å². The van der Waals surface area contributed by atoms with Crippen molar-refractivity contribution in [2.75, 3.05) is 12.5 Å². The highest BCUT2D eigenvalue weighted by Crippen LogP contribution is 2.18. The van der Waals surface area contributed by atoms with E-state index in [1.807, 2.05) is 43.3 Å². The van der Waals surface area contributed by atoms with Gasteiger partial charge in [-0.05, 0) is 43.7 Å². The van der Waals surface area contributed by atoms with Crippen molar-refractivity contribution in [3.63, 3.8) is 0 Å². The molecular weight excluding hydrogens is 236 g/mol. The maximum absolute atomic E-state index is 5.33. The second-order valence-corrected chi connectivity index (χ2v) is 4.38. The lowest BCUT2D eigenvalue weighted by molar-refractivity contribution is 0.414. The van der Waals surface area contributed by atoms with Crippen molar-refractivity contribution >= 4 is 11.4 Å². The minimum atomic E-state index is 0.829. The Labute approximate surface area is 113 Å². The number of hydrogen-bond acceptors (Lipinski definition) is 3. The van der Waals surface area contributed by atoms with Crippen molar-refractivity contribution < 1.29 is 4.74 Å². The van der Waals surface area contributed by atoms with E-state index in [4.69, 9.17) is 4.74 Å². The Balaban J connectivity index is 2.19. The monoisotopic (exact) mass is 254 g/mol. The minimum Gasteiger partial charge on any atom is -0.496 e. The summed E-state index contributed by atoms with van der Waals surface area (Å²) in [4.78, 5) is 0. The summed E-state index contributed by atoms with van der Waals surface area (Å²) in [6.45, 7) is 4.02. The summed E-state index contributed by atoms with van der Waals surface area (Å²) in [6.07, 6.45) is 0. The molecule has 2 aromatic carbocycles. The largest absolute Gasteiger partial charge is 0.496 e. The first-order valence-corrected chi connectivity index (χ1v) is 6.21. The van der Waals surface area contributed by atoms with E-state index >= 15 is 0 Å². The summed E-state index contributed by atoms with van der Waals surface area (Å²) >= 11 is 0. The second-order valence-electron chi connectivity index (χ2n) is 4.38. The average molecular weight is 254 g/mol. The molecule has 0 aromatic heterocycles. The number of benzene rings is 2. The van der Waals surface area contributed by atoms with Crippen LogP contribution >= 0.6 is 0 Å². The molecule has 0 bridgehead atoms. The Kier molecular flexibility index (Phi) is 4.18. The summed E-state index contributed by atoms with van der Waals surface area (Å²) in [5.41, 5.74) is 7.13. The normalized spacial score (nSPS) is 11.2. The van der Waals surface area contributed by atoms with Crippen molar-refractivity contribution in [2.24, 2.45) is 5.10 Å². The van der Waals surface area contributed by atoms with Gasteiger partial charge in [0.2, 0.25) is 0 Å². The molecule has 3 heteroatoms. The summed E-state index contributed by atoms with van der Waals surface area (Å²) in [5, 5.41) is 4.40. The second kappa shape index (κ2) is 6.05. The van der Waals surface area contributed by atoms with Gasteiger partial charge in [0.05, 0.1) is 18.5 Å². The highest BCUT2D eigenvalue weighted by molar-refractivity contribution is 6.01. The first-order chi connectivity index (χ1) is 9.20. The Morgan fingerprint density at radius 2 is 1.89 bits per heavy atom. The molecule has 0 unspecified atom stereocenters. The summed E-state index contributed by atoms with van der Waals surface area (Å²) in [7, 11) is 1.67. The van der Waals surface area contributed by atoms with Crippen molar-refractivity contribution in [3.05, 3.63) is 59.7 Å². The molecule has 0 amide bonds. The zero-order valence-corrected chi connectivity index (χ0v) is 11.5. The summed E-state index contributed by atoms with van der Waals surface area (Å²) in [5.74, 6) is 0.829. The standard InChI is InChI=1S/C16H18N2O/c1-12-7-6-8-14(11-12)18-17-13(2)15-9-4-5-10-16(15)19-3/h4-11,18H,1-3H3/b17-13-. The first-order valence-electron chi connectivity index (χ1n) is 6.21. The molecule has 0 radical (unpaired) electrons. The van der Waals surface area contributed by atoms with Crippen LogP contribution in [0.2, 0.25) is 0 Å². The van der Waals surface area contributed by atoms with E-state index in [9.17, 15) is 0 Å². The average Bonchev–Trinajstić information content (AvgIpc) is 2.45. The predicted octanol–water partition coefficient (Wildman–Crippen LogP) is 3.84. The molecule has 0 heterocycles. The van der Waals surface area contributed by atoms with Crippen LogP contribution in [0.3, 0.4) is 0 Å². The van der Waals surface area contributed by atoms with Gasteiger partial charge in [0.1, 0.15) is 5.75 Å². The zero-order chi connectivity index (χ0) is 13.7. The van der Waals surface area contributed by atoms with E-state index in [0.717, 1.165) is 22.7 Å². The van der Waals surface area contributed by atoms with E-state index in [1.165, 1.54) is 5.56 Å². The molecule has 2 aromatic rings. The van der Waals surface area contributed by atoms with E-state index in [0.29, 0.717) is 0 Å². The van der Waals surface area contributed by atoms with Gasteiger partial charge in [0, 0.05) is 5.56 Å². The molecule has 1 N–H and O–H groups in total. The topological polar surface area (TPSA) is 33.6 Å². The lowest BCUT2D eigenvalue weighted by atomic mass is 10.1. The molecule has 0 atom stereocenters. The highest BCUT2D eigenvalue weighted by atomic mass is 16.5. The maximum atomic E-state index is 5.33. The number of hydrazone groups is 1. The van der Waals surface area contributed by atoms with E-state index in [2.05, 4.69) is 29.6 Å². The molecule has 19 heavy (non-hydrogen) atoms. The summed E-state index contributed by atoms with van der Waals surface area (Å²) in [6, 6.07) is 16.0. The van der Waals surface area contributed by atoms with Crippen LogP contribution in [-0.2, 0) is 0 Å². The molecule has 0 saturated heterocycles. The fraction of sp³-hybridized carbons (Fsp3) is 0.188. The Hall–Kier alpha value is -2.29. The quantitative estimate of drug-likeness (QED) is 0.664. The molecule has 0 saturated carbocycles. The first kappa shape index (κ1) is 13.1. The van der Waals surface area contributed by atoms with Crippen molar-refractivity contribution in [2.45, 2.75) is 13.8 Å². The number of anilines is 1. The number of rotatable bonds is 4. The lowest BCUT2D eigenvalue weighted by Gasteiger charge is -2.08. The smallest absolute Gasteiger partial charge is 0.127 e. The third kappa shape index (κ3) is 3.35. The third-order valence-electron chi connectivity index (χ3n) is 2.87. The molecule has 3 nitrogen and oxygen atoms in total. The zero-order valence-electron chi connectivity index (χ0n) is 11.5. The molecular formula is C16H18N2O. The molecule has 2 rings (SSSR count). The molecule has 98 valence electrons. The van der Waals surface area contributed by atoms with Crippen LogP contribution < -0.4 is 10.2 Å². The Bertz CT molecular complexity index is 591. The van der Waals surface area contributed by atoms with Gasteiger partial charge < -0.3 is 4.74 Å². The number of nitrogens with one attached hydrogen (secondary N) is 1. The minimum absolute atomic E-state index is 0.829. The lowest BCUT2D eigenvalue weighted by Crippen LogP contribution is -2.02. The van der Waals surface area contributed by atoms with Gasteiger partial charge >= 0.3 is 0 Å². The molecule has 0 fully saturated rings. The van der Waals surface area contributed by atoms with Crippen LogP contribution in [0.25, 0.3) is 0 Å². The molecule has 0 spiro atoms. The number of ether oxygens (including phenoxy) is 1. The number of aryl methyl sites for hydroxylation is 1. The van der Waals surface area contributed by atoms with Crippen LogP contribution in [-0.4, -0.2) is 12.8 Å². The fourth-order valence-corrected chi connectivity index (χ4v) is 1.87. The van der Waals surface area contributed by atoms with Crippen molar-refractivity contribution in [1.29, 1.82) is 0 Å². The Morgan fingerprint density at radius 1 is 1.11 bits per heavy atom. The van der Waals surface area contributed by atoms with E-state index in [1.54, 1.807) is 7.11 Å². The van der Waals surface area contributed by atoms with Crippen LogP contribution in [0.5, 0.6) is 5.75 Å². The van der Waals surface area contributed by atoms with Crippen LogP contribution in [0.15, 0.2) is 53.6 Å². The molecule has 0 aliphatic rings. The van der Waals surface area contributed by atoms with Gasteiger partial charge in [-0.1, -0.05) is 24.3 Å². The van der Waals surface area contributed by atoms with Crippen LogP contribution in [0.1, 0.15) is 18.1 Å². The number of nitrogens with zero attached hydrogens (tertiary/aromatic N) is 1. The highest BCUT2D eigenvalue weighted by Gasteiger charge is 2.04. The third-order valence-corrected chi connectivity index (χ3v) is 2.87.